The van der Waals surface area contributed by atoms with Gasteiger partial charge in [-0.3, -0.25) is 18.9 Å². The average Bonchev–Trinajstić information content (AvgIpc) is 3.62. The summed E-state index contributed by atoms with van der Waals surface area (Å²) in [5.41, 5.74) is -1.33. The van der Waals surface area contributed by atoms with Gasteiger partial charge in [0.15, 0.2) is 5.82 Å². The van der Waals surface area contributed by atoms with Crippen LogP contribution in [0.5, 0.6) is 0 Å². The summed E-state index contributed by atoms with van der Waals surface area (Å²) in [5.74, 6) is -1.83. The predicted molar refractivity (Wildman–Crippen MR) is 198 cm³/mol. The highest BCUT2D eigenvalue weighted by molar-refractivity contribution is 7.92. The van der Waals surface area contributed by atoms with E-state index in [9.17, 15) is 35.9 Å². The van der Waals surface area contributed by atoms with Gasteiger partial charge in [-0.2, -0.15) is 19.0 Å². The van der Waals surface area contributed by atoms with Crippen LogP contribution >= 0.6 is 11.6 Å². The highest BCUT2D eigenvalue weighted by atomic mass is 35.5. The molecule has 57 heavy (non-hydrogen) atoms. The van der Waals surface area contributed by atoms with E-state index < -0.39 is 75.2 Å². The van der Waals surface area contributed by atoms with E-state index >= 15 is 8.78 Å². The Morgan fingerprint density at radius 1 is 1.07 bits per heavy atom. The molecule has 0 bridgehead atoms. The number of fused-ring (bicyclic) bond motifs is 2. The molecular formula is C38H34ClF6N7O4S. The number of pyridine rings is 1. The molecule has 300 valence electrons. The minimum absolute atomic E-state index is 0.0565. The topological polar surface area (TPSA) is 144 Å². The van der Waals surface area contributed by atoms with Gasteiger partial charge in [-0.15, -0.1) is 0 Å². The first-order chi connectivity index (χ1) is 26.8. The van der Waals surface area contributed by atoms with Crippen molar-refractivity contribution in [3.8, 4) is 23.0 Å². The minimum atomic E-state index is -3.83. The summed E-state index contributed by atoms with van der Waals surface area (Å²) in [5, 5.41) is 21.0. The van der Waals surface area contributed by atoms with Gasteiger partial charge in [0.2, 0.25) is 15.9 Å². The van der Waals surface area contributed by atoms with E-state index in [0.717, 1.165) is 18.4 Å². The Kier molecular flexibility index (Phi) is 10.3. The Labute approximate surface area is 327 Å². The molecule has 11 nitrogen and oxygen atoms in total. The molecule has 1 fully saturated rings. The lowest BCUT2D eigenvalue weighted by atomic mass is 9.93. The Bertz CT molecular complexity index is 2600. The standard InChI is InChI=1S/C38H34ClF6N7O4S/c1-19-12-26-32(35(42)43)48-52(34(26)38(19,44)45)17-29(54)47-28(15-20-13-21(40)16-22(41)14-20)31-24(5-4-23(46-31)8-9-37(18-53)10-11-37)25-6-7-27(39)30-33(25)51(2)49-36(30)50-57(3,55)56/h4-7,13-14,16,19,28,35,53H,10-12,15,17-18H2,1-3H3,(H,47,54)(H,49,50)/t19-,28+/m1/s1. The van der Waals surface area contributed by atoms with E-state index in [1.54, 1.807) is 18.2 Å². The number of nitrogens with zero attached hydrogens (tertiary/aromatic N) is 5. The van der Waals surface area contributed by atoms with Crippen molar-refractivity contribution in [1.82, 2.24) is 29.9 Å². The molecule has 19 heteroatoms. The normalized spacial score (nSPS) is 17.3. The second-order valence-electron chi connectivity index (χ2n) is 14.5. The second-order valence-corrected chi connectivity index (χ2v) is 16.6. The number of carbonyl (C=O) groups is 1. The van der Waals surface area contributed by atoms with Crippen LogP contribution in [-0.4, -0.2) is 56.8 Å². The van der Waals surface area contributed by atoms with E-state index in [1.165, 1.54) is 24.7 Å². The molecule has 0 aliphatic heterocycles. The smallest absolute Gasteiger partial charge is 0.292 e. The lowest BCUT2D eigenvalue weighted by Gasteiger charge is -2.23. The number of anilines is 1. The van der Waals surface area contributed by atoms with Crippen molar-refractivity contribution in [3.63, 3.8) is 0 Å². The zero-order valence-electron chi connectivity index (χ0n) is 30.5. The summed E-state index contributed by atoms with van der Waals surface area (Å²) < 4.78 is 117. The van der Waals surface area contributed by atoms with Crippen molar-refractivity contribution < 1.29 is 44.7 Å². The number of aliphatic hydroxyl groups is 1. The van der Waals surface area contributed by atoms with E-state index in [-0.39, 0.29) is 58.2 Å². The third-order valence-electron chi connectivity index (χ3n) is 10.1. The Balaban J connectivity index is 1.39. The SMILES string of the molecule is C[C@@H]1Cc2c(C(F)F)nn(CC(=O)N[C@@H](Cc3cc(F)cc(F)c3)c3nc(C#CC4(CO)CC4)ccc3-c3ccc(Cl)c4c(NS(C)(=O)=O)nn(C)c34)c2C1(F)F. The Morgan fingerprint density at radius 3 is 2.39 bits per heavy atom. The molecule has 0 saturated heterocycles. The monoisotopic (exact) mass is 833 g/mol. The molecule has 1 saturated carbocycles. The number of benzene rings is 2. The molecule has 0 unspecified atom stereocenters. The van der Waals surface area contributed by atoms with Crippen LogP contribution in [-0.2, 0) is 47.2 Å². The minimum Gasteiger partial charge on any atom is -0.395 e. The predicted octanol–water partition coefficient (Wildman–Crippen LogP) is 6.58. The van der Waals surface area contributed by atoms with Gasteiger partial charge in [0.05, 0.1) is 45.9 Å². The van der Waals surface area contributed by atoms with Crippen molar-refractivity contribution >= 4 is 44.3 Å². The number of alkyl halides is 4. The summed E-state index contributed by atoms with van der Waals surface area (Å²) in [6.07, 6.45) is -1.64. The first kappa shape index (κ1) is 40.1. The number of carbonyl (C=O) groups excluding carboxylic acids is 1. The van der Waals surface area contributed by atoms with Gasteiger partial charge in [-0.25, -0.2) is 31.0 Å². The molecule has 2 aliphatic rings. The van der Waals surface area contributed by atoms with Gasteiger partial charge in [0, 0.05) is 35.7 Å². The van der Waals surface area contributed by atoms with E-state index in [1.807, 2.05) is 0 Å². The average molecular weight is 834 g/mol. The highest BCUT2D eigenvalue weighted by Crippen LogP contribution is 2.48. The van der Waals surface area contributed by atoms with E-state index in [4.69, 9.17) is 16.6 Å². The Morgan fingerprint density at radius 2 is 1.75 bits per heavy atom. The number of nitrogens with one attached hydrogen (secondary N) is 2. The molecule has 2 atom stereocenters. The fraction of sp³-hybridized carbons (Fsp3) is 0.368. The first-order valence-corrected chi connectivity index (χ1v) is 19.8. The van der Waals surface area contributed by atoms with Crippen LogP contribution in [0.3, 0.4) is 0 Å². The zero-order valence-corrected chi connectivity index (χ0v) is 32.1. The van der Waals surface area contributed by atoms with Crippen LogP contribution in [0.15, 0.2) is 42.5 Å². The van der Waals surface area contributed by atoms with Crippen molar-refractivity contribution in [2.75, 3.05) is 17.6 Å². The highest BCUT2D eigenvalue weighted by Gasteiger charge is 2.51. The molecule has 3 heterocycles. The maximum absolute atomic E-state index is 15.4. The van der Waals surface area contributed by atoms with Crippen molar-refractivity contribution in [2.24, 2.45) is 18.4 Å². The third kappa shape index (κ3) is 7.92. The van der Waals surface area contributed by atoms with Gasteiger partial charge >= 0.3 is 0 Å². The van der Waals surface area contributed by atoms with Crippen LogP contribution in [0.2, 0.25) is 5.02 Å². The second kappa shape index (κ2) is 14.7. The first-order valence-electron chi connectivity index (χ1n) is 17.6. The van der Waals surface area contributed by atoms with Crippen molar-refractivity contribution in [3.05, 3.63) is 93.0 Å². The van der Waals surface area contributed by atoms with Crippen LogP contribution in [0.1, 0.15) is 66.1 Å². The van der Waals surface area contributed by atoms with Crippen LogP contribution in [0.25, 0.3) is 22.0 Å². The summed E-state index contributed by atoms with van der Waals surface area (Å²) in [6, 6.07) is 7.67. The van der Waals surface area contributed by atoms with Crippen LogP contribution in [0.4, 0.5) is 32.2 Å². The number of amides is 1. The molecule has 5 aromatic rings. The number of hydrogen-bond donors (Lipinski definition) is 3. The van der Waals surface area contributed by atoms with Gasteiger partial charge < -0.3 is 10.4 Å². The van der Waals surface area contributed by atoms with E-state index in [2.05, 4.69) is 32.1 Å². The molecule has 2 aromatic carbocycles. The maximum Gasteiger partial charge on any atom is 0.292 e. The van der Waals surface area contributed by atoms with E-state index in [0.29, 0.717) is 40.2 Å². The molecule has 7 rings (SSSR count). The van der Waals surface area contributed by atoms with Crippen LogP contribution < -0.4 is 10.0 Å². The van der Waals surface area contributed by atoms with Gasteiger partial charge in [-0.1, -0.05) is 30.5 Å². The number of aliphatic hydroxyl groups excluding tert-OH is 1. The summed E-state index contributed by atoms with van der Waals surface area (Å²) >= 11 is 6.59. The van der Waals surface area contributed by atoms with Crippen molar-refractivity contribution in [2.45, 2.75) is 57.5 Å². The van der Waals surface area contributed by atoms with Gasteiger partial charge in [0.25, 0.3) is 12.3 Å². The van der Waals surface area contributed by atoms with Gasteiger partial charge in [0.1, 0.15) is 35.3 Å². The number of halogens is 7. The lowest BCUT2D eigenvalue weighted by Crippen LogP contribution is -2.35. The summed E-state index contributed by atoms with van der Waals surface area (Å²) in [4.78, 5) is 18.7. The lowest BCUT2D eigenvalue weighted by molar-refractivity contribution is -0.123. The molecule has 0 spiro atoms. The fourth-order valence-corrected chi connectivity index (χ4v) is 7.89. The molecule has 3 N–H and O–H groups in total. The molecule has 0 radical (unpaired) electrons. The molecule has 3 aromatic heterocycles. The van der Waals surface area contributed by atoms with Crippen LogP contribution in [0, 0.1) is 34.8 Å². The maximum atomic E-state index is 15.4. The summed E-state index contributed by atoms with van der Waals surface area (Å²) in [7, 11) is -2.29. The molecule has 2 aliphatic carbocycles. The molecular weight excluding hydrogens is 800 g/mol. The number of sulfonamides is 1. The van der Waals surface area contributed by atoms with Crippen molar-refractivity contribution in [1.29, 1.82) is 0 Å². The summed E-state index contributed by atoms with van der Waals surface area (Å²) in [6.45, 7) is 0.0927. The quantitative estimate of drug-likeness (QED) is 0.101. The fourth-order valence-electron chi connectivity index (χ4n) is 7.16. The third-order valence-corrected chi connectivity index (χ3v) is 11.0. The zero-order chi connectivity index (χ0) is 41.2. The Hall–Kier alpha value is -5.12. The number of aryl methyl sites for hydroxylation is 1. The number of aromatic nitrogens is 5. The largest absolute Gasteiger partial charge is 0.395 e. The molecule has 1 amide bonds. The number of hydrogen-bond acceptors (Lipinski definition) is 7. The van der Waals surface area contributed by atoms with Gasteiger partial charge in [-0.05, 0) is 67.5 Å². The number of rotatable bonds is 11.